The molecule has 2 nitrogen and oxygen atoms in total. The molecular weight excluding hydrogens is 290 g/mol. The fourth-order valence-corrected chi connectivity index (χ4v) is 3.85. The van der Waals surface area contributed by atoms with E-state index in [1.807, 2.05) is 0 Å². The van der Waals surface area contributed by atoms with Gasteiger partial charge >= 0.3 is 0 Å². The summed E-state index contributed by atoms with van der Waals surface area (Å²) < 4.78 is 0. The first-order chi connectivity index (χ1) is 10.8. The lowest BCUT2D eigenvalue weighted by Gasteiger charge is -2.16. The number of hydrogen-bond acceptors (Lipinski definition) is 2. The van der Waals surface area contributed by atoms with Crippen LogP contribution >= 0.6 is 11.8 Å². The Balaban J connectivity index is 1.53. The van der Waals surface area contributed by atoms with Crippen LogP contribution in [-0.4, -0.2) is 17.7 Å². The summed E-state index contributed by atoms with van der Waals surface area (Å²) >= 11 is 1.63. The van der Waals surface area contributed by atoms with E-state index in [9.17, 15) is 4.79 Å². The predicted molar refractivity (Wildman–Crippen MR) is 94.3 cm³/mol. The summed E-state index contributed by atoms with van der Waals surface area (Å²) in [4.78, 5) is 13.3. The topological polar surface area (TPSA) is 29.1 Å². The van der Waals surface area contributed by atoms with E-state index in [0.717, 1.165) is 17.7 Å². The second-order valence-corrected chi connectivity index (χ2v) is 7.10. The molecule has 0 saturated heterocycles. The number of hydrogen-bond donors (Lipinski definition) is 1. The van der Waals surface area contributed by atoms with Crippen LogP contribution in [0.25, 0.3) is 10.8 Å². The van der Waals surface area contributed by atoms with E-state index in [0.29, 0.717) is 11.8 Å². The largest absolute Gasteiger partial charge is 0.353 e. The third kappa shape index (κ3) is 4.26. The summed E-state index contributed by atoms with van der Waals surface area (Å²) in [6.07, 6.45) is 7.43. The molecule has 116 valence electrons. The van der Waals surface area contributed by atoms with Gasteiger partial charge in [0.15, 0.2) is 0 Å². The first-order valence-corrected chi connectivity index (χ1v) is 9.21. The molecule has 22 heavy (non-hydrogen) atoms. The fourth-order valence-electron chi connectivity index (χ4n) is 3.10. The first kappa shape index (κ1) is 15.4. The van der Waals surface area contributed by atoms with Crippen LogP contribution in [0.4, 0.5) is 0 Å². The van der Waals surface area contributed by atoms with Gasteiger partial charge in [0.1, 0.15) is 0 Å². The van der Waals surface area contributed by atoms with Crippen molar-refractivity contribution in [1.29, 1.82) is 0 Å². The zero-order chi connectivity index (χ0) is 15.2. The molecule has 2 aromatic rings. The standard InChI is InChI=1S/C19H23NOS/c21-19(20-17-9-3-1-2-4-10-17)14-22-18-12-11-15-7-5-6-8-16(15)13-18/h5-8,11-13,17H,1-4,9-10,14H2,(H,20,21). The third-order valence-corrected chi connectivity index (χ3v) is 5.30. The molecule has 1 aliphatic rings. The van der Waals surface area contributed by atoms with Gasteiger partial charge in [0, 0.05) is 10.9 Å². The van der Waals surface area contributed by atoms with Gasteiger partial charge in [-0.2, -0.15) is 0 Å². The zero-order valence-electron chi connectivity index (χ0n) is 12.9. The highest BCUT2D eigenvalue weighted by atomic mass is 32.2. The smallest absolute Gasteiger partial charge is 0.230 e. The van der Waals surface area contributed by atoms with Crippen LogP contribution in [-0.2, 0) is 4.79 Å². The molecule has 1 amide bonds. The van der Waals surface area contributed by atoms with E-state index in [2.05, 4.69) is 47.8 Å². The molecule has 3 heteroatoms. The monoisotopic (exact) mass is 313 g/mol. The number of carbonyl (C=O) groups excluding carboxylic acids is 1. The normalized spacial score (nSPS) is 16.4. The summed E-state index contributed by atoms with van der Waals surface area (Å²) in [6.45, 7) is 0. The highest BCUT2D eigenvalue weighted by molar-refractivity contribution is 8.00. The molecule has 0 aliphatic heterocycles. The molecule has 0 unspecified atom stereocenters. The Hall–Kier alpha value is -1.48. The van der Waals surface area contributed by atoms with Crippen molar-refractivity contribution >= 4 is 28.4 Å². The quantitative estimate of drug-likeness (QED) is 0.650. The van der Waals surface area contributed by atoms with E-state index in [1.165, 1.54) is 36.5 Å². The second kappa shape index (κ2) is 7.68. The summed E-state index contributed by atoms with van der Waals surface area (Å²) in [5.74, 6) is 0.680. The summed E-state index contributed by atoms with van der Waals surface area (Å²) in [7, 11) is 0. The third-order valence-electron chi connectivity index (χ3n) is 4.31. The van der Waals surface area contributed by atoms with Gasteiger partial charge in [-0.1, -0.05) is 56.0 Å². The molecule has 1 fully saturated rings. The van der Waals surface area contributed by atoms with Crippen molar-refractivity contribution in [1.82, 2.24) is 5.32 Å². The highest BCUT2D eigenvalue weighted by Crippen LogP contribution is 2.24. The van der Waals surface area contributed by atoms with Gasteiger partial charge in [-0.05, 0) is 35.7 Å². The van der Waals surface area contributed by atoms with Crippen molar-refractivity contribution in [3.05, 3.63) is 42.5 Å². The number of rotatable bonds is 4. The van der Waals surface area contributed by atoms with Gasteiger partial charge in [-0.3, -0.25) is 4.79 Å². The van der Waals surface area contributed by atoms with Crippen LogP contribution in [0.2, 0.25) is 0 Å². The van der Waals surface area contributed by atoms with E-state index in [4.69, 9.17) is 0 Å². The van der Waals surface area contributed by atoms with E-state index in [1.54, 1.807) is 11.8 Å². The lowest BCUT2D eigenvalue weighted by Crippen LogP contribution is -2.35. The molecule has 0 bridgehead atoms. The Bertz CT molecular complexity index is 632. The molecule has 0 spiro atoms. The zero-order valence-corrected chi connectivity index (χ0v) is 13.7. The van der Waals surface area contributed by atoms with Crippen LogP contribution < -0.4 is 5.32 Å². The Labute approximate surface area is 136 Å². The van der Waals surface area contributed by atoms with Crippen molar-refractivity contribution < 1.29 is 4.79 Å². The summed E-state index contributed by atoms with van der Waals surface area (Å²) in [5, 5.41) is 5.68. The molecule has 1 N–H and O–H groups in total. The van der Waals surface area contributed by atoms with Gasteiger partial charge in [0.2, 0.25) is 5.91 Å². The van der Waals surface area contributed by atoms with Gasteiger partial charge in [0.25, 0.3) is 0 Å². The first-order valence-electron chi connectivity index (χ1n) is 8.22. The van der Waals surface area contributed by atoms with Crippen molar-refractivity contribution in [2.24, 2.45) is 0 Å². The number of nitrogens with one attached hydrogen (secondary N) is 1. The van der Waals surface area contributed by atoms with Crippen molar-refractivity contribution in [2.75, 3.05) is 5.75 Å². The van der Waals surface area contributed by atoms with Gasteiger partial charge in [0.05, 0.1) is 5.75 Å². The number of fused-ring (bicyclic) bond motifs is 1. The van der Waals surface area contributed by atoms with Crippen LogP contribution in [0, 0.1) is 0 Å². The molecule has 2 aromatic carbocycles. The molecule has 0 atom stereocenters. The second-order valence-electron chi connectivity index (χ2n) is 6.05. The number of thioether (sulfide) groups is 1. The molecule has 1 saturated carbocycles. The van der Waals surface area contributed by atoms with Crippen molar-refractivity contribution in [2.45, 2.75) is 49.5 Å². The SMILES string of the molecule is O=C(CSc1ccc2ccccc2c1)NC1CCCCCC1. The lowest BCUT2D eigenvalue weighted by molar-refractivity contribution is -0.119. The Morgan fingerprint density at radius 3 is 2.50 bits per heavy atom. The van der Waals surface area contributed by atoms with Crippen molar-refractivity contribution in [3.8, 4) is 0 Å². The van der Waals surface area contributed by atoms with E-state index in [-0.39, 0.29) is 5.91 Å². The Morgan fingerprint density at radius 1 is 1.00 bits per heavy atom. The molecule has 0 radical (unpaired) electrons. The Kier molecular flexibility index (Phi) is 5.38. The average molecular weight is 313 g/mol. The van der Waals surface area contributed by atoms with Crippen LogP contribution in [0.1, 0.15) is 38.5 Å². The van der Waals surface area contributed by atoms with Gasteiger partial charge in [-0.15, -0.1) is 11.8 Å². The Morgan fingerprint density at radius 2 is 1.73 bits per heavy atom. The minimum absolute atomic E-state index is 0.171. The summed E-state index contributed by atoms with van der Waals surface area (Å²) in [6, 6.07) is 15.1. The van der Waals surface area contributed by atoms with Crippen LogP contribution in [0.5, 0.6) is 0 Å². The van der Waals surface area contributed by atoms with Crippen molar-refractivity contribution in [3.63, 3.8) is 0 Å². The minimum Gasteiger partial charge on any atom is -0.353 e. The molecular formula is C19H23NOS. The van der Waals surface area contributed by atoms with Gasteiger partial charge < -0.3 is 5.32 Å². The lowest BCUT2D eigenvalue weighted by atomic mass is 10.1. The van der Waals surface area contributed by atoms with Gasteiger partial charge in [-0.25, -0.2) is 0 Å². The predicted octanol–water partition coefficient (Wildman–Crippen LogP) is 4.77. The molecule has 3 rings (SSSR count). The minimum atomic E-state index is 0.171. The summed E-state index contributed by atoms with van der Waals surface area (Å²) in [5.41, 5.74) is 0. The van der Waals surface area contributed by atoms with E-state index >= 15 is 0 Å². The molecule has 0 aromatic heterocycles. The molecule has 0 heterocycles. The van der Waals surface area contributed by atoms with E-state index < -0.39 is 0 Å². The highest BCUT2D eigenvalue weighted by Gasteiger charge is 2.14. The average Bonchev–Trinajstić information content (AvgIpc) is 2.81. The van der Waals surface area contributed by atoms with Crippen LogP contribution in [0.3, 0.4) is 0 Å². The number of amides is 1. The molecule has 1 aliphatic carbocycles. The number of carbonyl (C=O) groups is 1. The maximum atomic E-state index is 12.1. The fraction of sp³-hybridized carbons (Fsp3) is 0.421. The van der Waals surface area contributed by atoms with Crippen LogP contribution in [0.15, 0.2) is 47.4 Å². The maximum absolute atomic E-state index is 12.1. The number of benzene rings is 2. The maximum Gasteiger partial charge on any atom is 0.230 e.